The third-order valence-corrected chi connectivity index (χ3v) is 0. The molecule has 0 aliphatic heterocycles. The van der Waals surface area contributed by atoms with Crippen molar-refractivity contribution in [3.8, 4) is 0 Å². The molecular weight excluding hydrogens is 170 g/mol. The highest BCUT2D eigenvalue weighted by molar-refractivity contribution is 7.45. The summed E-state index contributed by atoms with van der Waals surface area (Å²) in [6, 6.07) is 0. The van der Waals surface area contributed by atoms with Crippen LogP contribution >= 0.6 is 19.4 Å². The van der Waals surface area contributed by atoms with E-state index in [0.717, 1.165) is 0 Å². The lowest BCUT2D eigenvalue weighted by molar-refractivity contribution is 0.275. The molecule has 4 N–H and O–H groups in total. The number of halogens is 1. The average Bonchev–Trinajstić information content (AvgIpc) is 1.19. The predicted octanol–water partition coefficient (Wildman–Crippen LogP) is 0.326. The molecule has 56 valence electrons. The van der Waals surface area contributed by atoms with Crippen molar-refractivity contribution in [3.05, 3.63) is 11.8 Å². The number of hydrogen-bond donors (Lipinski definition) is 4. The zero-order valence-corrected chi connectivity index (χ0v) is 5.88. The SMILES string of the molecule is C=C(O)Cl.O=P(O)(O)O. The first-order chi connectivity index (χ1) is 3.73. The molecule has 0 aromatic rings. The van der Waals surface area contributed by atoms with Gasteiger partial charge in [0.2, 0.25) is 0 Å². The van der Waals surface area contributed by atoms with Crippen molar-refractivity contribution >= 4 is 19.4 Å². The van der Waals surface area contributed by atoms with Gasteiger partial charge in [-0.1, -0.05) is 0 Å². The van der Waals surface area contributed by atoms with E-state index < -0.39 is 7.82 Å². The summed E-state index contributed by atoms with van der Waals surface area (Å²) in [6.45, 7) is 2.88. The Bertz CT molecular complexity index is 115. The van der Waals surface area contributed by atoms with Crippen LogP contribution in [-0.4, -0.2) is 19.8 Å². The molecule has 0 aromatic heterocycles. The summed E-state index contributed by atoms with van der Waals surface area (Å²) in [5.41, 5.74) is 0. The first-order valence-corrected chi connectivity index (χ1v) is 3.49. The molecule has 0 rings (SSSR count). The Morgan fingerprint density at radius 3 is 1.44 bits per heavy atom. The molecule has 0 spiro atoms. The van der Waals surface area contributed by atoms with Gasteiger partial charge in [0.05, 0.1) is 0 Å². The molecule has 0 saturated heterocycles. The Morgan fingerprint density at radius 2 is 1.44 bits per heavy atom. The van der Waals surface area contributed by atoms with Crippen LogP contribution in [0.3, 0.4) is 0 Å². The minimum atomic E-state index is -4.64. The third kappa shape index (κ3) is 77800. The van der Waals surface area contributed by atoms with E-state index >= 15 is 0 Å². The van der Waals surface area contributed by atoms with E-state index in [2.05, 4.69) is 18.2 Å². The van der Waals surface area contributed by atoms with Crippen molar-refractivity contribution in [1.82, 2.24) is 0 Å². The largest absolute Gasteiger partial charge is 0.499 e. The van der Waals surface area contributed by atoms with Gasteiger partial charge in [0.25, 0.3) is 0 Å². The van der Waals surface area contributed by atoms with E-state index in [9.17, 15) is 0 Å². The molecule has 0 heterocycles. The van der Waals surface area contributed by atoms with Gasteiger partial charge in [-0.25, -0.2) is 4.57 Å². The highest BCUT2D eigenvalue weighted by atomic mass is 35.5. The second-order valence-corrected chi connectivity index (χ2v) is 2.35. The number of phosphoric acid groups is 1. The maximum absolute atomic E-state index is 8.88. The summed E-state index contributed by atoms with van der Waals surface area (Å²) in [5.74, 6) is 0. The highest BCUT2D eigenvalue weighted by Gasteiger charge is 2.00. The summed E-state index contributed by atoms with van der Waals surface area (Å²) in [7, 11) is -4.64. The van der Waals surface area contributed by atoms with Crippen molar-refractivity contribution in [2.45, 2.75) is 0 Å². The van der Waals surface area contributed by atoms with Crippen molar-refractivity contribution in [2.75, 3.05) is 0 Å². The molecule has 0 aliphatic carbocycles. The fourth-order valence-corrected chi connectivity index (χ4v) is 0. The fraction of sp³-hybridized carbons (Fsp3) is 0. The Labute approximate surface area is 56.5 Å². The van der Waals surface area contributed by atoms with Crippen LogP contribution in [0.15, 0.2) is 11.8 Å². The Kier molecular flexibility index (Phi) is 6.22. The lowest BCUT2D eigenvalue weighted by atomic mass is 11.2. The van der Waals surface area contributed by atoms with Crippen LogP contribution < -0.4 is 0 Å². The van der Waals surface area contributed by atoms with Crippen LogP contribution in [-0.2, 0) is 4.57 Å². The van der Waals surface area contributed by atoms with E-state index in [4.69, 9.17) is 24.4 Å². The minimum absolute atomic E-state index is 0.361. The van der Waals surface area contributed by atoms with Gasteiger partial charge in [-0.05, 0) is 18.2 Å². The number of aliphatic hydroxyl groups excluding tert-OH is 1. The minimum Gasteiger partial charge on any atom is -0.499 e. The molecule has 0 radical (unpaired) electrons. The fourth-order valence-electron chi connectivity index (χ4n) is 0. The van der Waals surface area contributed by atoms with Gasteiger partial charge < -0.3 is 19.8 Å². The second kappa shape index (κ2) is 4.78. The van der Waals surface area contributed by atoms with Gasteiger partial charge in [-0.15, -0.1) is 0 Å². The maximum atomic E-state index is 8.88. The van der Waals surface area contributed by atoms with E-state index in [-0.39, 0.29) is 5.22 Å². The first kappa shape index (κ1) is 11.7. The standard InChI is InChI=1S/C2H3ClO.H3O4P/c1-2(3)4;1-5(2,3)4/h4H,1H2;(H3,1,2,3,4). The van der Waals surface area contributed by atoms with Crippen LogP contribution in [0.25, 0.3) is 0 Å². The van der Waals surface area contributed by atoms with E-state index in [1.54, 1.807) is 0 Å². The summed E-state index contributed by atoms with van der Waals surface area (Å²) in [4.78, 5) is 21.6. The van der Waals surface area contributed by atoms with Gasteiger partial charge >= 0.3 is 7.82 Å². The van der Waals surface area contributed by atoms with Crippen LogP contribution in [0.1, 0.15) is 0 Å². The van der Waals surface area contributed by atoms with Crippen molar-refractivity contribution < 1.29 is 24.4 Å². The van der Waals surface area contributed by atoms with Crippen LogP contribution in [0.2, 0.25) is 0 Å². The van der Waals surface area contributed by atoms with Gasteiger partial charge in [0, 0.05) is 0 Å². The molecular formula is C2H6ClO5P. The summed E-state index contributed by atoms with van der Waals surface area (Å²) in [6.07, 6.45) is 0. The Balaban J connectivity index is 0. The summed E-state index contributed by atoms with van der Waals surface area (Å²) in [5, 5.41) is 7.27. The monoisotopic (exact) mass is 176 g/mol. The molecule has 0 fully saturated rings. The van der Waals surface area contributed by atoms with E-state index in [1.165, 1.54) is 0 Å². The van der Waals surface area contributed by atoms with Gasteiger partial charge in [0.1, 0.15) is 0 Å². The van der Waals surface area contributed by atoms with E-state index in [0.29, 0.717) is 0 Å². The molecule has 0 unspecified atom stereocenters. The first-order valence-electron chi connectivity index (χ1n) is 1.55. The van der Waals surface area contributed by atoms with E-state index in [1.807, 2.05) is 0 Å². The van der Waals surface area contributed by atoms with Gasteiger partial charge in [-0.3, -0.25) is 0 Å². The molecule has 0 aliphatic rings. The normalized spacial score (nSPS) is 9.33. The zero-order chi connectivity index (χ0) is 8.08. The number of aliphatic hydroxyl groups is 1. The highest BCUT2D eigenvalue weighted by Crippen LogP contribution is 2.25. The number of hydrogen-bond acceptors (Lipinski definition) is 2. The van der Waals surface area contributed by atoms with Gasteiger partial charge in [0.15, 0.2) is 5.22 Å². The molecule has 0 aromatic carbocycles. The lowest BCUT2D eigenvalue weighted by Gasteiger charge is -1.82. The lowest BCUT2D eigenvalue weighted by Crippen LogP contribution is -1.66. The predicted molar refractivity (Wildman–Crippen MR) is 31.9 cm³/mol. The second-order valence-electron chi connectivity index (χ2n) is 0.890. The van der Waals surface area contributed by atoms with Crippen LogP contribution in [0.5, 0.6) is 0 Å². The van der Waals surface area contributed by atoms with Crippen molar-refractivity contribution in [2.24, 2.45) is 0 Å². The number of rotatable bonds is 0. The van der Waals surface area contributed by atoms with Gasteiger partial charge in [-0.2, -0.15) is 0 Å². The van der Waals surface area contributed by atoms with Crippen LogP contribution in [0, 0.1) is 0 Å². The molecule has 0 saturated carbocycles. The molecule has 7 heteroatoms. The van der Waals surface area contributed by atoms with Crippen LogP contribution in [0.4, 0.5) is 0 Å². The smallest absolute Gasteiger partial charge is 0.466 e. The quantitative estimate of drug-likeness (QED) is 0.315. The van der Waals surface area contributed by atoms with Crippen molar-refractivity contribution in [1.29, 1.82) is 0 Å². The third-order valence-electron chi connectivity index (χ3n) is 0. The van der Waals surface area contributed by atoms with Crippen molar-refractivity contribution in [3.63, 3.8) is 0 Å². The summed E-state index contributed by atoms with van der Waals surface area (Å²) < 4.78 is 8.88. The molecule has 9 heavy (non-hydrogen) atoms. The molecule has 5 nitrogen and oxygen atoms in total. The Morgan fingerprint density at radius 1 is 1.44 bits per heavy atom. The molecule has 0 amide bonds. The molecule has 0 bridgehead atoms. The summed E-state index contributed by atoms with van der Waals surface area (Å²) >= 11 is 4.64. The maximum Gasteiger partial charge on any atom is 0.466 e. The zero-order valence-electron chi connectivity index (χ0n) is 4.23. The topological polar surface area (TPSA) is 98.0 Å². The average molecular weight is 176 g/mol. The molecule has 0 atom stereocenters. The Hall–Kier alpha value is -0.0600.